The number of hydrogen-bond acceptors (Lipinski definition) is 7. The topological polar surface area (TPSA) is 72.5 Å². The number of rotatable bonds is 3. The monoisotopic (exact) mass is 404 g/mol. The van der Waals surface area contributed by atoms with Gasteiger partial charge in [0.2, 0.25) is 0 Å². The lowest BCUT2D eigenvalue weighted by atomic mass is 9.99. The van der Waals surface area contributed by atoms with Crippen molar-refractivity contribution in [1.82, 2.24) is 0 Å². The number of benzene rings is 2. The third-order valence-electron chi connectivity index (χ3n) is 4.91. The van der Waals surface area contributed by atoms with Gasteiger partial charge in [-0.2, -0.15) is 0 Å². The fraction of sp³-hybridized carbons (Fsp3) is 0.400. The van der Waals surface area contributed by atoms with E-state index in [-0.39, 0.29) is 0 Å². The molecule has 3 aliphatic heterocycles. The van der Waals surface area contributed by atoms with Crippen molar-refractivity contribution >= 4 is 7.82 Å². The Labute approximate surface area is 163 Å². The Bertz CT molecular complexity index is 888. The van der Waals surface area contributed by atoms with Crippen LogP contribution in [0.1, 0.15) is 25.5 Å². The van der Waals surface area contributed by atoms with Crippen LogP contribution in [-0.4, -0.2) is 30.4 Å². The number of phosphoric acid groups is 1. The van der Waals surface area contributed by atoms with Gasteiger partial charge in [-0.15, -0.1) is 0 Å². The van der Waals surface area contributed by atoms with Crippen LogP contribution in [0.5, 0.6) is 5.75 Å². The van der Waals surface area contributed by atoms with E-state index in [4.69, 9.17) is 27.8 Å². The Morgan fingerprint density at radius 1 is 0.857 bits per heavy atom. The summed E-state index contributed by atoms with van der Waals surface area (Å²) in [7, 11) is -3.93. The summed E-state index contributed by atoms with van der Waals surface area (Å²) in [5.41, 5.74) is 0.817. The fourth-order valence-corrected chi connectivity index (χ4v) is 5.36. The molecule has 0 amide bonds. The second kappa shape index (κ2) is 6.66. The molecule has 28 heavy (non-hydrogen) atoms. The lowest BCUT2D eigenvalue weighted by Crippen LogP contribution is -2.43. The second-order valence-corrected chi connectivity index (χ2v) is 8.93. The van der Waals surface area contributed by atoms with Crippen molar-refractivity contribution in [1.29, 1.82) is 0 Å². The molecule has 3 fully saturated rings. The average molecular weight is 404 g/mol. The summed E-state index contributed by atoms with van der Waals surface area (Å²) >= 11 is 0. The number of hydrogen-bond donors (Lipinski definition) is 0. The van der Waals surface area contributed by atoms with Gasteiger partial charge in [-0.3, -0.25) is 9.05 Å². The first kappa shape index (κ1) is 18.3. The Balaban J connectivity index is 1.49. The van der Waals surface area contributed by atoms with E-state index in [2.05, 4.69) is 0 Å². The van der Waals surface area contributed by atoms with Crippen LogP contribution in [0.15, 0.2) is 60.7 Å². The highest BCUT2D eigenvalue weighted by molar-refractivity contribution is 7.49. The molecule has 0 N–H and O–H groups in total. The third kappa shape index (κ3) is 3.28. The van der Waals surface area contributed by atoms with Gasteiger partial charge < -0.3 is 18.7 Å². The summed E-state index contributed by atoms with van der Waals surface area (Å²) in [6.45, 7) is 3.61. The normalized spacial score (nSPS) is 38.6. The summed E-state index contributed by atoms with van der Waals surface area (Å²) in [5, 5.41) is 0. The molecular weight excluding hydrogens is 383 g/mol. The van der Waals surface area contributed by atoms with Gasteiger partial charge in [0.1, 0.15) is 30.2 Å². The lowest BCUT2D eigenvalue weighted by molar-refractivity contribution is -0.231. The third-order valence-corrected chi connectivity index (χ3v) is 6.33. The molecule has 3 heterocycles. The van der Waals surface area contributed by atoms with Crippen molar-refractivity contribution in [2.24, 2.45) is 0 Å². The maximum atomic E-state index is 13.5. The van der Waals surface area contributed by atoms with E-state index in [9.17, 15) is 4.57 Å². The van der Waals surface area contributed by atoms with Crippen LogP contribution in [0, 0.1) is 0 Å². The van der Waals surface area contributed by atoms with Crippen molar-refractivity contribution in [3.63, 3.8) is 0 Å². The molecule has 0 spiro atoms. The van der Waals surface area contributed by atoms with Gasteiger partial charge in [-0.05, 0) is 31.5 Å². The summed E-state index contributed by atoms with van der Waals surface area (Å²) in [6, 6.07) is 18.3. The molecule has 2 aromatic rings. The molecule has 148 valence electrons. The summed E-state index contributed by atoms with van der Waals surface area (Å²) in [6.07, 6.45) is -2.98. The van der Waals surface area contributed by atoms with Gasteiger partial charge in [0.25, 0.3) is 0 Å². The molecule has 2 aromatic carbocycles. The van der Waals surface area contributed by atoms with Gasteiger partial charge in [0.15, 0.2) is 12.1 Å². The molecule has 1 unspecified atom stereocenters. The smallest absolute Gasteiger partial charge is 0.404 e. The van der Waals surface area contributed by atoms with E-state index in [1.807, 2.05) is 36.4 Å². The minimum Gasteiger partial charge on any atom is -0.404 e. The quantitative estimate of drug-likeness (QED) is 0.710. The zero-order valence-electron chi connectivity index (χ0n) is 15.5. The Kier molecular flexibility index (Phi) is 4.36. The van der Waals surface area contributed by atoms with Gasteiger partial charge in [0.05, 0.1) is 0 Å². The summed E-state index contributed by atoms with van der Waals surface area (Å²) in [5.74, 6) is -0.412. The molecule has 7 nitrogen and oxygen atoms in total. The van der Waals surface area contributed by atoms with Crippen molar-refractivity contribution in [3.8, 4) is 5.75 Å². The number of para-hydroxylation sites is 1. The van der Waals surface area contributed by atoms with Gasteiger partial charge in [-0.1, -0.05) is 48.5 Å². The fourth-order valence-electron chi connectivity index (χ4n) is 3.79. The van der Waals surface area contributed by atoms with E-state index in [0.29, 0.717) is 5.75 Å². The highest BCUT2D eigenvalue weighted by Crippen LogP contribution is 2.62. The minimum absolute atomic E-state index is 0.399. The van der Waals surface area contributed by atoms with E-state index >= 15 is 0 Å². The van der Waals surface area contributed by atoms with Crippen molar-refractivity contribution in [2.75, 3.05) is 0 Å². The molecule has 8 heteroatoms. The SMILES string of the molecule is CC1(C)O[C@H]2O[C@@H]3[C@H](OP(=O)(Oc4ccccc4)O[C@@H]3c3ccccc3)[C@H]2O1. The summed E-state index contributed by atoms with van der Waals surface area (Å²) < 4.78 is 48.7. The predicted octanol–water partition coefficient (Wildman–Crippen LogP) is 4.21. The molecule has 0 bridgehead atoms. The first-order valence-electron chi connectivity index (χ1n) is 9.20. The maximum absolute atomic E-state index is 13.5. The zero-order chi connectivity index (χ0) is 19.4. The highest BCUT2D eigenvalue weighted by atomic mass is 31.2. The van der Waals surface area contributed by atoms with Crippen LogP contribution < -0.4 is 4.52 Å². The molecule has 5 rings (SSSR count). The van der Waals surface area contributed by atoms with Crippen LogP contribution in [0.25, 0.3) is 0 Å². The average Bonchev–Trinajstić information content (AvgIpc) is 3.14. The second-order valence-electron chi connectivity index (χ2n) is 7.43. The van der Waals surface area contributed by atoms with Crippen LogP contribution in [0.3, 0.4) is 0 Å². The Morgan fingerprint density at radius 2 is 1.54 bits per heavy atom. The lowest BCUT2D eigenvalue weighted by Gasteiger charge is -2.38. The predicted molar refractivity (Wildman–Crippen MR) is 98.5 cm³/mol. The zero-order valence-corrected chi connectivity index (χ0v) is 16.4. The van der Waals surface area contributed by atoms with Crippen LogP contribution in [-0.2, 0) is 27.8 Å². The largest absolute Gasteiger partial charge is 0.531 e. The maximum Gasteiger partial charge on any atom is 0.531 e. The molecule has 0 radical (unpaired) electrons. The molecule has 0 aromatic heterocycles. The Hall–Kier alpha value is -1.73. The van der Waals surface area contributed by atoms with E-state index in [0.717, 1.165) is 5.56 Å². The van der Waals surface area contributed by atoms with Crippen molar-refractivity contribution in [3.05, 3.63) is 66.2 Å². The molecular formula is C20H21O7P. The number of fused-ring (bicyclic) bond motifs is 3. The molecule has 3 saturated heterocycles. The molecule has 0 aliphatic carbocycles. The van der Waals surface area contributed by atoms with Crippen LogP contribution >= 0.6 is 7.82 Å². The molecule has 6 atom stereocenters. The van der Waals surface area contributed by atoms with E-state index < -0.39 is 44.3 Å². The Morgan fingerprint density at radius 3 is 2.25 bits per heavy atom. The van der Waals surface area contributed by atoms with Gasteiger partial charge in [-0.25, -0.2) is 4.57 Å². The van der Waals surface area contributed by atoms with Crippen LogP contribution in [0.4, 0.5) is 0 Å². The van der Waals surface area contributed by atoms with Crippen molar-refractivity contribution < 1.29 is 32.3 Å². The number of phosphoric ester groups is 1. The van der Waals surface area contributed by atoms with E-state index in [1.165, 1.54) is 0 Å². The van der Waals surface area contributed by atoms with Crippen LogP contribution in [0.2, 0.25) is 0 Å². The highest BCUT2D eigenvalue weighted by Gasteiger charge is 2.63. The first-order valence-corrected chi connectivity index (χ1v) is 10.7. The van der Waals surface area contributed by atoms with E-state index in [1.54, 1.807) is 38.1 Å². The minimum atomic E-state index is -3.93. The van der Waals surface area contributed by atoms with Gasteiger partial charge in [0, 0.05) is 0 Å². The van der Waals surface area contributed by atoms with Gasteiger partial charge >= 0.3 is 7.82 Å². The number of ether oxygens (including phenoxy) is 3. The molecule has 0 saturated carbocycles. The van der Waals surface area contributed by atoms with Crippen molar-refractivity contribution in [2.45, 2.75) is 50.3 Å². The summed E-state index contributed by atoms with van der Waals surface area (Å²) in [4.78, 5) is 0. The standard InChI is InChI=1S/C20H21O7P/c1-20(2)23-18-17-16(22-19(18)24-20)15(13-9-5-3-6-10-13)26-28(21,27-17)25-14-11-7-4-8-12-14/h3-12,15-19H,1-2H3/t15-,16+,17+,18-,19-,28?/m1/s1. The first-order chi connectivity index (χ1) is 13.4. The molecule has 3 aliphatic rings.